The van der Waals surface area contributed by atoms with Gasteiger partial charge < -0.3 is 16.0 Å². The number of benzene rings is 1. The average molecular weight is 413 g/mol. The second-order valence-corrected chi connectivity index (χ2v) is 6.60. The lowest BCUT2D eigenvalue weighted by atomic mass is 9.88. The van der Waals surface area contributed by atoms with Crippen LogP contribution in [0.25, 0.3) is 0 Å². The number of rotatable bonds is 5. The van der Waals surface area contributed by atoms with Gasteiger partial charge in [0.05, 0.1) is 11.4 Å². The van der Waals surface area contributed by atoms with Gasteiger partial charge in [0.25, 0.3) is 0 Å². The van der Waals surface area contributed by atoms with Crippen LogP contribution in [0.1, 0.15) is 20.8 Å². The second-order valence-electron chi connectivity index (χ2n) is 5.69. The summed E-state index contributed by atoms with van der Waals surface area (Å²) in [6.07, 6.45) is 0. The van der Waals surface area contributed by atoms with Crippen molar-refractivity contribution >= 4 is 58.0 Å². The van der Waals surface area contributed by atoms with Crippen LogP contribution < -0.4 is 16.0 Å². The highest BCUT2D eigenvalue weighted by Crippen LogP contribution is 2.28. The zero-order valence-electron chi connectivity index (χ0n) is 13.0. The van der Waals surface area contributed by atoms with Crippen molar-refractivity contribution in [3.63, 3.8) is 0 Å². The quantitative estimate of drug-likeness (QED) is 0.687. The molecule has 2 rings (SSSR count). The number of hydrogen-bond acceptors (Lipinski definition) is 3. The Kier molecular flexibility index (Phi) is 9.39. The van der Waals surface area contributed by atoms with Gasteiger partial charge in [-0.25, -0.2) is 0 Å². The lowest BCUT2D eigenvalue weighted by Crippen LogP contribution is -2.48. The minimum Gasteiger partial charge on any atom is -0.381 e. The van der Waals surface area contributed by atoms with Gasteiger partial charge in [0, 0.05) is 16.4 Å². The van der Waals surface area contributed by atoms with Crippen molar-refractivity contribution in [1.82, 2.24) is 5.32 Å². The van der Waals surface area contributed by atoms with Gasteiger partial charge in [0.15, 0.2) is 0 Å². The van der Waals surface area contributed by atoms with Crippen molar-refractivity contribution < 1.29 is 4.79 Å². The first-order valence-corrected chi connectivity index (χ1v) is 7.84. The molecule has 4 nitrogen and oxygen atoms in total. The number of carbonyl (C=O) groups excluding carboxylic acids is 1. The molecule has 0 aliphatic carbocycles. The Morgan fingerprint density at radius 1 is 1.23 bits per heavy atom. The van der Waals surface area contributed by atoms with E-state index in [0.29, 0.717) is 12.0 Å². The van der Waals surface area contributed by atoms with Gasteiger partial charge in [0.2, 0.25) is 5.91 Å². The molecule has 1 unspecified atom stereocenters. The molecule has 3 N–H and O–H groups in total. The van der Waals surface area contributed by atoms with Crippen molar-refractivity contribution in [2.45, 2.75) is 26.8 Å². The van der Waals surface area contributed by atoms with E-state index in [1.807, 2.05) is 25.1 Å². The van der Waals surface area contributed by atoms with E-state index in [0.717, 1.165) is 28.9 Å². The second kappa shape index (κ2) is 9.60. The standard InChI is InChI=1S/C15H22BrN3O.2ClH/c1-9(2)18-13-5-4-12(16)6-14(13)19-15(20)10(3)11-7-17-8-11;;/h4-6,9-11,17-18H,7-8H2,1-3H3,(H,19,20);2*1H. The monoisotopic (exact) mass is 411 g/mol. The predicted molar refractivity (Wildman–Crippen MR) is 102 cm³/mol. The van der Waals surface area contributed by atoms with Crippen molar-refractivity contribution in [3.05, 3.63) is 22.7 Å². The third-order valence-corrected chi connectivity index (χ3v) is 4.11. The van der Waals surface area contributed by atoms with E-state index in [1.54, 1.807) is 0 Å². The van der Waals surface area contributed by atoms with Gasteiger partial charge in [-0.3, -0.25) is 4.79 Å². The first-order valence-electron chi connectivity index (χ1n) is 7.05. The Labute approximate surface area is 153 Å². The summed E-state index contributed by atoms with van der Waals surface area (Å²) >= 11 is 3.45. The van der Waals surface area contributed by atoms with Gasteiger partial charge >= 0.3 is 0 Å². The molecule has 0 radical (unpaired) electrons. The summed E-state index contributed by atoms with van der Waals surface area (Å²) in [7, 11) is 0. The normalized spacial score (nSPS) is 15.1. The fourth-order valence-electron chi connectivity index (χ4n) is 2.18. The molecule has 1 aliphatic rings. The maximum Gasteiger partial charge on any atom is 0.227 e. The van der Waals surface area contributed by atoms with Crippen molar-refractivity contribution in [2.75, 3.05) is 23.7 Å². The van der Waals surface area contributed by atoms with Crippen LogP contribution in [0, 0.1) is 11.8 Å². The van der Waals surface area contributed by atoms with E-state index in [-0.39, 0.29) is 36.6 Å². The molecule has 0 aromatic heterocycles. The van der Waals surface area contributed by atoms with E-state index in [4.69, 9.17) is 0 Å². The summed E-state index contributed by atoms with van der Waals surface area (Å²) in [5.74, 6) is 0.562. The fraction of sp³-hybridized carbons (Fsp3) is 0.533. The molecular weight excluding hydrogens is 389 g/mol. The molecule has 0 bridgehead atoms. The molecule has 1 aromatic rings. The SMILES string of the molecule is CC(C)Nc1ccc(Br)cc1NC(=O)C(C)C1CNC1.Cl.Cl. The summed E-state index contributed by atoms with van der Waals surface area (Å²) in [5.41, 5.74) is 1.78. The third kappa shape index (κ3) is 5.61. The Balaban J connectivity index is 0.00000220. The summed E-state index contributed by atoms with van der Waals surface area (Å²) < 4.78 is 0.958. The Bertz CT molecular complexity index is 496. The van der Waals surface area contributed by atoms with E-state index in [1.165, 1.54) is 0 Å². The number of halogens is 3. The summed E-state index contributed by atoms with van der Waals surface area (Å²) in [4.78, 5) is 12.3. The summed E-state index contributed by atoms with van der Waals surface area (Å²) in [6.45, 7) is 8.02. The maximum atomic E-state index is 12.3. The molecule has 126 valence electrons. The van der Waals surface area contributed by atoms with Gasteiger partial charge in [-0.1, -0.05) is 22.9 Å². The highest BCUT2D eigenvalue weighted by molar-refractivity contribution is 9.10. The van der Waals surface area contributed by atoms with Crippen LogP contribution in [0.5, 0.6) is 0 Å². The van der Waals surface area contributed by atoms with Gasteiger partial charge in [-0.2, -0.15) is 0 Å². The lowest BCUT2D eigenvalue weighted by molar-refractivity contribution is -0.121. The molecule has 1 atom stereocenters. The number of nitrogens with one attached hydrogen (secondary N) is 3. The molecule has 1 amide bonds. The van der Waals surface area contributed by atoms with Crippen molar-refractivity contribution in [2.24, 2.45) is 11.8 Å². The number of hydrogen-bond donors (Lipinski definition) is 3. The molecule has 0 spiro atoms. The average Bonchev–Trinajstić information content (AvgIpc) is 2.29. The van der Waals surface area contributed by atoms with Gasteiger partial charge in [-0.15, -0.1) is 24.8 Å². The fourth-order valence-corrected chi connectivity index (χ4v) is 2.54. The zero-order chi connectivity index (χ0) is 14.7. The van der Waals surface area contributed by atoms with Crippen LogP contribution in [-0.2, 0) is 4.79 Å². The Hall–Kier alpha value is -0.490. The van der Waals surface area contributed by atoms with Crippen LogP contribution in [0.4, 0.5) is 11.4 Å². The highest BCUT2D eigenvalue weighted by atomic mass is 79.9. The minimum atomic E-state index is 0. The maximum absolute atomic E-state index is 12.3. The summed E-state index contributed by atoms with van der Waals surface area (Å²) in [5, 5.41) is 9.61. The molecule has 1 aliphatic heterocycles. The van der Waals surface area contributed by atoms with Crippen LogP contribution in [0.15, 0.2) is 22.7 Å². The molecule has 1 heterocycles. The molecular formula is C15H24BrCl2N3O. The molecule has 7 heteroatoms. The predicted octanol–water partition coefficient (Wildman–Crippen LogP) is 3.91. The number of amides is 1. The van der Waals surface area contributed by atoms with Crippen LogP contribution in [0.2, 0.25) is 0 Å². The Morgan fingerprint density at radius 2 is 1.86 bits per heavy atom. The zero-order valence-corrected chi connectivity index (χ0v) is 16.2. The Morgan fingerprint density at radius 3 is 2.36 bits per heavy atom. The smallest absolute Gasteiger partial charge is 0.227 e. The van der Waals surface area contributed by atoms with E-state index < -0.39 is 0 Å². The largest absolute Gasteiger partial charge is 0.381 e. The number of carbonyl (C=O) groups is 1. The van der Waals surface area contributed by atoms with Crippen LogP contribution in [-0.4, -0.2) is 25.0 Å². The molecule has 1 saturated heterocycles. The molecule has 22 heavy (non-hydrogen) atoms. The van der Waals surface area contributed by atoms with E-state index in [9.17, 15) is 4.79 Å². The van der Waals surface area contributed by atoms with Gasteiger partial charge in [-0.05, 0) is 51.1 Å². The minimum absolute atomic E-state index is 0. The van der Waals surface area contributed by atoms with Crippen molar-refractivity contribution in [1.29, 1.82) is 0 Å². The molecule has 1 aromatic carbocycles. The summed E-state index contributed by atoms with van der Waals surface area (Å²) in [6, 6.07) is 6.21. The van der Waals surface area contributed by atoms with E-state index >= 15 is 0 Å². The van der Waals surface area contributed by atoms with Crippen LogP contribution >= 0.6 is 40.7 Å². The highest BCUT2D eigenvalue weighted by Gasteiger charge is 2.29. The third-order valence-electron chi connectivity index (χ3n) is 3.62. The topological polar surface area (TPSA) is 53.2 Å². The van der Waals surface area contributed by atoms with Crippen LogP contribution in [0.3, 0.4) is 0 Å². The van der Waals surface area contributed by atoms with E-state index in [2.05, 4.69) is 45.7 Å². The first-order chi connectivity index (χ1) is 9.47. The number of anilines is 2. The first kappa shape index (κ1) is 21.5. The van der Waals surface area contributed by atoms with Gasteiger partial charge in [0.1, 0.15) is 0 Å². The lowest BCUT2D eigenvalue weighted by Gasteiger charge is -2.32. The molecule has 1 fully saturated rings. The van der Waals surface area contributed by atoms with Crippen molar-refractivity contribution in [3.8, 4) is 0 Å². The molecule has 0 saturated carbocycles.